The molecule has 1 atom stereocenters. The van der Waals surface area contributed by atoms with Gasteiger partial charge in [0.05, 0.1) is 6.10 Å². The van der Waals surface area contributed by atoms with Crippen LogP contribution in [0.2, 0.25) is 0 Å². The maximum Gasteiger partial charge on any atom is 0.314 e. The first-order chi connectivity index (χ1) is 11.9. The SMILES string of the molecule is Cc1ccccc1C1(CNC(=O)NCCC(O)C(C)C)CCOCC1. The van der Waals surface area contributed by atoms with Gasteiger partial charge in [-0.15, -0.1) is 0 Å². The van der Waals surface area contributed by atoms with Crippen LogP contribution in [0.4, 0.5) is 4.79 Å². The van der Waals surface area contributed by atoms with Crippen molar-refractivity contribution in [3.63, 3.8) is 0 Å². The summed E-state index contributed by atoms with van der Waals surface area (Å²) in [6.07, 6.45) is 2.00. The zero-order chi connectivity index (χ0) is 18.3. The quantitative estimate of drug-likeness (QED) is 0.709. The molecule has 1 fully saturated rings. The van der Waals surface area contributed by atoms with Crippen molar-refractivity contribution in [2.45, 2.75) is 51.6 Å². The maximum absolute atomic E-state index is 12.2. The minimum absolute atomic E-state index is 0.0711. The molecule has 2 amide bonds. The summed E-state index contributed by atoms with van der Waals surface area (Å²) in [5.41, 5.74) is 2.48. The minimum Gasteiger partial charge on any atom is -0.393 e. The zero-order valence-corrected chi connectivity index (χ0v) is 15.7. The second kappa shape index (κ2) is 9.20. The lowest BCUT2D eigenvalue weighted by Crippen LogP contribution is -2.48. The molecule has 0 bridgehead atoms. The molecule has 5 nitrogen and oxygen atoms in total. The first-order valence-corrected chi connectivity index (χ1v) is 9.28. The maximum atomic E-state index is 12.2. The number of aliphatic hydroxyl groups is 1. The lowest BCUT2D eigenvalue weighted by molar-refractivity contribution is 0.0504. The van der Waals surface area contributed by atoms with Gasteiger partial charge in [-0.3, -0.25) is 0 Å². The number of amides is 2. The average molecular weight is 348 g/mol. The van der Waals surface area contributed by atoms with Crippen LogP contribution >= 0.6 is 0 Å². The summed E-state index contributed by atoms with van der Waals surface area (Å²) in [5, 5.41) is 15.7. The fraction of sp³-hybridized carbons (Fsp3) is 0.650. The molecule has 1 saturated heterocycles. The number of hydrogen-bond donors (Lipinski definition) is 3. The predicted octanol–water partition coefficient (Wildman–Crippen LogP) is 2.75. The smallest absolute Gasteiger partial charge is 0.314 e. The van der Waals surface area contributed by atoms with Gasteiger partial charge in [0.1, 0.15) is 0 Å². The van der Waals surface area contributed by atoms with Crippen LogP contribution < -0.4 is 10.6 Å². The third kappa shape index (κ3) is 5.44. The molecule has 0 spiro atoms. The van der Waals surface area contributed by atoms with Crippen LogP contribution in [0.15, 0.2) is 24.3 Å². The summed E-state index contributed by atoms with van der Waals surface area (Å²) < 4.78 is 5.55. The number of aliphatic hydroxyl groups excluding tert-OH is 1. The molecule has 1 aliphatic rings. The van der Waals surface area contributed by atoms with Gasteiger partial charge in [0.15, 0.2) is 0 Å². The number of ether oxygens (including phenoxy) is 1. The summed E-state index contributed by atoms with van der Waals surface area (Å²) in [5.74, 6) is 0.205. The second-order valence-corrected chi connectivity index (χ2v) is 7.42. The summed E-state index contributed by atoms with van der Waals surface area (Å²) >= 11 is 0. The Balaban J connectivity index is 1.92. The third-order valence-electron chi connectivity index (χ3n) is 5.25. The number of carbonyl (C=O) groups is 1. The van der Waals surface area contributed by atoms with Crippen LogP contribution in [0, 0.1) is 12.8 Å². The molecule has 1 aromatic carbocycles. The highest BCUT2D eigenvalue weighted by Crippen LogP contribution is 2.36. The fourth-order valence-corrected chi connectivity index (χ4v) is 3.45. The van der Waals surface area contributed by atoms with Crippen molar-refractivity contribution >= 4 is 6.03 Å². The van der Waals surface area contributed by atoms with Crippen molar-refractivity contribution in [3.05, 3.63) is 35.4 Å². The van der Waals surface area contributed by atoms with Crippen molar-refractivity contribution < 1.29 is 14.6 Å². The van der Waals surface area contributed by atoms with E-state index in [1.165, 1.54) is 11.1 Å². The summed E-state index contributed by atoms with van der Waals surface area (Å²) in [6.45, 7) is 8.59. The number of nitrogens with one attached hydrogen (secondary N) is 2. The number of rotatable bonds is 7. The molecule has 1 unspecified atom stereocenters. The monoisotopic (exact) mass is 348 g/mol. The van der Waals surface area contributed by atoms with E-state index in [-0.39, 0.29) is 23.5 Å². The molecule has 2 rings (SSSR count). The molecule has 140 valence electrons. The molecule has 0 aromatic heterocycles. The van der Waals surface area contributed by atoms with Crippen LogP contribution in [-0.2, 0) is 10.2 Å². The number of aryl methyl sites for hydroxylation is 1. The second-order valence-electron chi connectivity index (χ2n) is 7.42. The molecular weight excluding hydrogens is 316 g/mol. The Kier molecular flexibility index (Phi) is 7.26. The summed E-state index contributed by atoms with van der Waals surface area (Å²) in [6, 6.07) is 8.23. The van der Waals surface area contributed by atoms with E-state index in [0.717, 1.165) is 26.1 Å². The van der Waals surface area contributed by atoms with Crippen LogP contribution in [-0.4, -0.2) is 43.5 Å². The molecule has 3 N–H and O–H groups in total. The van der Waals surface area contributed by atoms with Crippen LogP contribution in [0.3, 0.4) is 0 Å². The van der Waals surface area contributed by atoms with Crippen LogP contribution in [0.1, 0.15) is 44.2 Å². The molecule has 25 heavy (non-hydrogen) atoms. The van der Waals surface area contributed by atoms with E-state index in [4.69, 9.17) is 4.74 Å². The molecule has 0 aliphatic carbocycles. The fourth-order valence-electron chi connectivity index (χ4n) is 3.45. The van der Waals surface area contributed by atoms with E-state index in [2.05, 4.69) is 35.8 Å². The van der Waals surface area contributed by atoms with E-state index in [1.807, 2.05) is 19.9 Å². The van der Waals surface area contributed by atoms with Gasteiger partial charge in [0.25, 0.3) is 0 Å². The van der Waals surface area contributed by atoms with Gasteiger partial charge in [-0.1, -0.05) is 38.1 Å². The standard InChI is InChI=1S/C20H32N2O3/c1-15(2)18(23)8-11-21-19(24)22-14-20(9-12-25-13-10-20)17-7-5-4-6-16(17)3/h4-7,15,18,23H,8-14H2,1-3H3,(H2,21,22,24). The normalized spacial score (nSPS) is 18.0. The Hall–Kier alpha value is -1.59. The highest BCUT2D eigenvalue weighted by atomic mass is 16.5. The Labute approximate surface area is 151 Å². The summed E-state index contributed by atoms with van der Waals surface area (Å²) in [4.78, 5) is 12.2. The summed E-state index contributed by atoms with van der Waals surface area (Å²) in [7, 11) is 0. The first kappa shape index (κ1) is 19.7. The van der Waals surface area contributed by atoms with Gasteiger partial charge < -0.3 is 20.5 Å². The Morgan fingerprint density at radius 1 is 1.24 bits per heavy atom. The van der Waals surface area contributed by atoms with Crippen LogP contribution in [0.5, 0.6) is 0 Å². The van der Waals surface area contributed by atoms with Gasteiger partial charge >= 0.3 is 6.03 Å². The zero-order valence-electron chi connectivity index (χ0n) is 15.7. The van der Waals surface area contributed by atoms with Gasteiger partial charge in [0.2, 0.25) is 0 Å². The molecule has 5 heteroatoms. The molecule has 0 radical (unpaired) electrons. The highest BCUT2D eigenvalue weighted by Gasteiger charge is 2.35. The van der Waals surface area contributed by atoms with Crippen molar-refractivity contribution in [2.24, 2.45) is 5.92 Å². The molecule has 1 aromatic rings. The van der Waals surface area contributed by atoms with Crippen molar-refractivity contribution in [2.75, 3.05) is 26.3 Å². The minimum atomic E-state index is -0.380. The lowest BCUT2D eigenvalue weighted by atomic mass is 9.72. The van der Waals surface area contributed by atoms with Gasteiger partial charge in [-0.2, -0.15) is 0 Å². The topological polar surface area (TPSA) is 70.6 Å². The van der Waals surface area contributed by atoms with E-state index in [0.29, 0.717) is 19.5 Å². The van der Waals surface area contributed by atoms with Gasteiger partial charge in [-0.05, 0) is 43.2 Å². The molecule has 0 saturated carbocycles. The van der Waals surface area contributed by atoms with E-state index < -0.39 is 0 Å². The Morgan fingerprint density at radius 2 is 1.92 bits per heavy atom. The van der Waals surface area contributed by atoms with Crippen LogP contribution in [0.25, 0.3) is 0 Å². The van der Waals surface area contributed by atoms with Gasteiger partial charge in [0, 0.05) is 31.7 Å². The van der Waals surface area contributed by atoms with Crippen molar-refractivity contribution in [3.8, 4) is 0 Å². The average Bonchev–Trinajstić information content (AvgIpc) is 2.61. The molecule has 1 aliphatic heterocycles. The third-order valence-corrected chi connectivity index (χ3v) is 5.25. The Morgan fingerprint density at radius 3 is 2.56 bits per heavy atom. The number of urea groups is 1. The molecular formula is C20H32N2O3. The Bertz CT molecular complexity index is 554. The number of carbonyl (C=O) groups excluding carboxylic acids is 1. The van der Waals surface area contributed by atoms with Crippen molar-refractivity contribution in [1.82, 2.24) is 10.6 Å². The lowest BCUT2D eigenvalue weighted by Gasteiger charge is -2.39. The molecule has 1 heterocycles. The number of hydrogen-bond acceptors (Lipinski definition) is 3. The first-order valence-electron chi connectivity index (χ1n) is 9.28. The largest absolute Gasteiger partial charge is 0.393 e. The van der Waals surface area contributed by atoms with Gasteiger partial charge in [-0.25, -0.2) is 4.79 Å². The highest BCUT2D eigenvalue weighted by molar-refractivity contribution is 5.74. The van der Waals surface area contributed by atoms with Crippen molar-refractivity contribution in [1.29, 1.82) is 0 Å². The number of benzene rings is 1. The van der Waals surface area contributed by atoms with E-state index in [9.17, 15) is 9.90 Å². The van der Waals surface area contributed by atoms with E-state index >= 15 is 0 Å². The van der Waals surface area contributed by atoms with E-state index in [1.54, 1.807) is 0 Å². The predicted molar refractivity (Wildman–Crippen MR) is 99.8 cm³/mol.